The zero-order chi connectivity index (χ0) is 13.7. The highest BCUT2D eigenvalue weighted by atomic mass is 19.1. The van der Waals surface area contributed by atoms with E-state index in [0.717, 1.165) is 12.1 Å². The Morgan fingerprint density at radius 2 is 2.06 bits per heavy atom. The van der Waals surface area contributed by atoms with Crippen molar-refractivity contribution in [3.05, 3.63) is 35.4 Å². The van der Waals surface area contributed by atoms with E-state index in [0.29, 0.717) is 12.5 Å². The van der Waals surface area contributed by atoms with Gasteiger partial charge in [-0.05, 0) is 18.6 Å². The number of rotatable bonds is 5. The van der Waals surface area contributed by atoms with E-state index in [1.165, 1.54) is 0 Å². The highest BCUT2D eigenvalue weighted by molar-refractivity contribution is 5.96. The molecule has 0 saturated carbocycles. The number of carbonyl (C=O) groups excluding carboxylic acids is 1. The number of halogens is 2. The van der Waals surface area contributed by atoms with E-state index >= 15 is 0 Å². The van der Waals surface area contributed by atoms with Gasteiger partial charge in [-0.15, -0.1) is 0 Å². The van der Waals surface area contributed by atoms with Crippen molar-refractivity contribution < 1.29 is 23.5 Å². The first-order valence-corrected chi connectivity index (χ1v) is 5.44. The van der Waals surface area contributed by atoms with E-state index in [-0.39, 0.29) is 12.0 Å². The van der Waals surface area contributed by atoms with Gasteiger partial charge in [-0.3, -0.25) is 4.79 Å². The Bertz CT molecular complexity index is 463. The molecule has 6 heteroatoms. The largest absolute Gasteiger partial charge is 0.480 e. The number of nitrogens with one attached hydrogen (secondary N) is 1. The molecular formula is C12H13F2NO3. The molecule has 4 nitrogen and oxygen atoms in total. The maximum atomic E-state index is 13.3. The normalized spacial score (nSPS) is 11.9. The third-order valence-corrected chi connectivity index (χ3v) is 2.36. The quantitative estimate of drug-likeness (QED) is 0.847. The van der Waals surface area contributed by atoms with Crippen molar-refractivity contribution in [3.63, 3.8) is 0 Å². The van der Waals surface area contributed by atoms with Crippen LogP contribution < -0.4 is 5.32 Å². The van der Waals surface area contributed by atoms with Gasteiger partial charge in [0, 0.05) is 6.07 Å². The Hall–Kier alpha value is -1.98. The molecule has 1 rings (SSSR count). The lowest BCUT2D eigenvalue weighted by atomic mass is 10.1. The van der Waals surface area contributed by atoms with Gasteiger partial charge in [0.2, 0.25) is 0 Å². The van der Waals surface area contributed by atoms with Crippen LogP contribution in [0.4, 0.5) is 8.78 Å². The zero-order valence-corrected chi connectivity index (χ0v) is 9.74. The molecule has 1 amide bonds. The summed E-state index contributed by atoms with van der Waals surface area (Å²) in [6.07, 6.45) is 0.799. The van der Waals surface area contributed by atoms with Crippen molar-refractivity contribution in [1.82, 2.24) is 5.32 Å². The zero-order valence-electron chi connectivity index (χ0n) is 9.74. The Balaban J connectivity index is 2.83. The second-order valence-electron chi connectivity index (χ2n) is 3.78. The van der Waals surface area contributed by atoms with Gasteiger partial charge < -0.3 is 10.4 Å². The summed E-state index contributed by atoms with van der Waals surface area (Å²) in [5.74, 6) is -3.87. The SMILES string of the molecule is CCCC(NC(=O)c1ccc(F)cc1F)C(=O)O. The lowest BCUT2D eigenvalue weighted by Crippen LogP contribution is -2.40. The average molecular weight is 257 g/mol. The summed E-state index contributed by atoms with van der Waals surface area (Å²) in [7, 11) is 0. The minimum atomic E-state index is -1.19. The van der Waals surface area contributed by atoms with Crippen LogP contribution in [0.2, 0.25) is 0 Å². The summed E-state index contributed by atoms with van der Waals surface area (Å²) in [5.41, 5.74) is -0.376. The summed E-state index contributed by atoms with van der Waals surface area (Å²) in [6, 6.07) is 1.41. The highest BCUT2D eigenvalue weighted by Crippen LogP contribution is 2.10. The van der Waals surface area contributed by atoms with Crippen molar-refractivity contribution in [3.8, 4) is 0 Å². The van der Waals surface area contributed by atoms with E-state index in [9.17, 15) is 18.4 Å². The van der Waals surface area contributed by atoms with E-state index in [1.807, 2.05) is 0 Å². The number of hydrogen-bond acceptors (Lipinski definition) is 2. The Kier molecular flexibility index (Phi) is 4.76. The Labute approximate surface area is 103 Å². The van der Waals surface area contributed by atoms with Gasteiger partial charge in [-0.1, -0.05) is 13.3 Å². The lowest BCUT2D eigenvalue weighted by Gasteiger charge is -2.13. The van der Waals surface area contributed by atoms with Gasteiger partial charge in [0.15, 0.2) is 0 Å². The van der Waals surface area contributed by atoms with Crippen LogP contribution in [0, 0.1) is 11.6 Å². The molecule has 98 valence electrons. The van der Waals surface area contributed by atoms with E-state index in [1.54, 1.807) is 6.92 Å². The number of benzene rings is 1. The van der Waals surface area contributed by atoms with Crippen LogP contribution in [0.25, 0.3) is 0 Å². The van der Waals surface area contributed by atoms with Crippen LogP contribution in [0.3, 0.4) is 0 Å². The number of hydrogen-bond donors (Lipinski definition) is 2. The fourth-order valence-corrected chi connectivity index (χ4v) is 1.46. The summed E-state index contributed by atoms with van der Waals surface area (Å²) in [6.45, 7) is 1.76. The molecule has 1 aromatic rings. The number of amides is 1. The number of aliphatic carboxylic acids is 1. The summed E-state index contributed by atoms with van der Waals surface area (Å²) >= 11 is 0. The van der Waals surface area contributed by atoms with Gasteiger partial charge in [-0.25, -0.2) is 13.6 Å². The van der Waals surface area contributed by atoms with E-state index in [4.69, 9.17) is 5.11 Å². The second-order valence-corrected chi connectivity index (χ2v) is 3.78. The fourth-order valence-electron chi connectivity index (χ4n) is 1.46. The molecule has 0 aliphatic carbocycles. The van der Waals surface area contributed by atoms with Gasteiger partial charge >= 0.3 is 5.97 Å². The monoisotopic (exact) mass is 257 g/mol. The fraction of sp³-hybridized carbons (Fsp3) is 0.333. The van der Waals surface area contributed by atoms with Crippen LogP contribution in [0.1, 0.15) is 30.1 Å². The number of carboxylic acid groups (broad SMARTS) is 1. The van der Waals surface area contributed by atoms with Gasteiger partial charge in [-0.2, -0.15) is 0 Å². The molecular weight excluding hydrogens is 244 g/mol. The smallest absolute Gasteiger partial charge is 0.326 e. The molecule has 0 saturated heterocycles. The first-order valence-electron chi connectivity index (χ1n) is 5.44. The predicted octanol–water partition coefficient (Wildman–Crippen LogP) is 1.95. The van der Waals surface area contributed by atoms with Crippen LogP contribution in [0.5, 0.6) is 0 Å². The topological polar surface area (TPSA) is 66.4 Å². The molecule has 0 bridgehead atoms. The lowest BCUT2D eigenvalue weighted by molar-refractivity contribution is -0.139. The molecule has 0 spiro atoms. The standard InChI is InChI=1S/C12H13F2NO3/c1-2-3-10(12(17)18)15-11(16)8-5-4-7(13)6-9(8)14/h4-6,10H,2-3H2,1H3,(H,15,16)(H,17,18). The molecule has 0 aliphatic heterocycles. The molecule has 1 atom stereocenters. The van der Waals surface area contributed by atoms with Gasteiger partial charge in [0.05, 0.1) is 5.56 Å². The van der Waals surface area contributed by atoms with Crippen LogP contribution >= 0.6 is 0 Å². The first kappa shape index (κ1) is 14.1. The highest BCUT2D eigenvalue weighted by Gasteiger charge is 2.21. The third kappa shape index (κ3) is 3.51. The van der Waals surface area contributed by atoms with Crippen LogP contribution in [0.15, 0.2) is 18.2 Å². The minimum Gasteiger partial charge on any atom is -0.480 e. The Morgan fingerprint density at radius 3 is 2.56 bits per heavy atom. The molecule has 0 aliphatic rings. The van der Waals surface area contributed by atoms with E-state index < -0.39 is 29.6 Å². The molecule has 0 fully saturated rings. The van der Waals surface area contributed by atoms with Crippen LogP contribution in [-0.4, -0.2) is 23.0 Å². The molecule has 1 unspecified atom stereocenters. The van der Waals surface area contributed by atoms with Crippen molar-refractivity contribution >= 4 is 11.9 Å². The molecule has 0 aromatic heterocycles. The molecule has 0 heterocycles. The van der Waals surface area contributed by atoms with Crippen molar-refractivity contribution in [2.24, 2.45) is 0 Å². The summed E-state index contributed by atoms with van der Waals surface area (Å²) < 4.78 is 25.9. The first-order chi connectivity index (χ1) is 8.45. The third-order valence-electron chi connectivity index (χ3n) is 2.36. The predicted molar refractivity (Wildman–Crippen MR) is 60.2 cm³/mol. The minimum absolute atomic E-state index is 0.240. The molecule has 2 N–H and O–H groups in total. The van der Waals surface area contributed by atoms with Crippen LogP contribution in [-0.2, 0) is 4.79 Å². The van der Waals surface area contributed by atoms with Gasteiger partial charge in [0.1, 0.15) is 17.7 Å². The van der Waals surface area contributed by atoms with E-state index in [2.05, 4.69) is 5.32 Å². The van der Waals surface area contributed by atoms with Crippen molar-refractivity contribution in [1.29, 1.82) is 0 Å². The summed E-state index contributed by atoms with van der Waals surface area (Å²) in [5, 5.41) is 11.0. The average Bonchev–Trinajstić information content (AvgIpc) is 2.27. The van der Waals surface area contributed by atoms with Gasteiger partial charge in [0.25, 0.3) is 5.91 Å². The molecule has 1 aromatic carbocycles. The Morgan fingerprint density at radius 1 is 1.39 bits per heavy atom. The van der Waals surface area contributed by atoms with Crippen molar-refractivity contribution in [2.45, 2.75) is 25.8 Å². The molecule has 0 radical (unpaired) electrons. The maximum absolute atomic E-state index is 13.3. The summed E-state index contributed by atoms with van der Waals surface area (Å²) in [4.78, 5) is 22.5. The number of carbonyl (C=O) groups is 2. The molecule has 18 heavy (non-hydrogen) atoms. The number of carboxylic acids is 1. The maximum Gasteiger partial charge on any atom is 0.326 e. The second kappa shape index (κ2) is 6.09. The van der Waals surface area contributed by atoms with Crippen molar-refractivity contribution in [2.75, 3.05) is 0 Å².